The summed E-state index contributed by atoms with van der Waals surface area (Å²) in [6, 6.07) is 10.3. The molecule has 272 valence electrons. The standard InChI is InChI=1S/C26H27F6N2O11S4/c1-3-46(4-2)17-10-9-16(12-7-5-6-8-13(12)17)43-22(35)19-15-11-14-18(19)23(36)44-20(14)21(15)45-49(41,42)34-48(39,40)26(31,32)24(27,28)25(29,30)47(33,37)38/h5-10,14-15,18-21,34H,3-4,11H2,1-2H3,(H2,33,37,38)/q+1. The highest BCUT2D eigenvalue weighted by atomic mass is 32.3. The second-order valence-corrected chi connectivity index (χ2v) is 18.8. The smallest absolute Gasteiger partial charge is 0.429 e. The Bertz CT molecular complexity index is 2030. The van der Waals surface area contributed by atoms with Gasteiger partial charge in [-0.15, -0.1) is 0 Å². The molecule has 3 fully saturated rings. The number of rotatable bonds is 13. The summed E-state index contributed by atoms with van der Waals surface area (Å²) in [5.41, 5.74) is 0. The normalized spacial score (nSPS) is 26.0. The lowest BCUT2D eigenvalue weighted by molar-refractivity contribution is -0.243. The number of primary sulfonamides is 1. The average molecular weight is 786 g/mol. The number of hydrogen-bond acceptors (Lipinski definition) is 11. The van der Waals surface area contributed by atoms with Crippen molar-refractivity contribution in [2.75, 3.05) is 11.5 Å². The molecular weight excluding hydrogens is 759 g/mol. The lowest BCUT2D eigenvalue weighted by atomic mass is 9.78. The van der Waals surface area contributed by atoms with Gasteiger partial charge in [-0.25, -0.2) is 26.2 Å². The van der Waals surface area contributed by atoms with Crippen LogP contribution < -0.4 is 14.0 Å². The molecular formula is C26H27F6N2O11S4+. The zero-order valence-electron chi connectivity index (χ0n) is 25.0. The van der Waals surface area contributed by atoms with Crippen molar-refractivity contribution < 1.29 is 74.8 Å². The van der Waals surface area contributed by atoms with Crippen LogP contribution in [0.15, 0.2) is 41.3 Å². The average Bonchev–Trinajstić information content (AvgIpc) is 3.61. The first-order valence-corrected chi connectivity index (χ1v) is 20.2. The first-order valence-electron chi connectivity index (χ1n) is 14.2. The highest BCUT2D eigenvalue weighted by Gasteiger charge is 2.82. The van der Waals surface area contributed by atoms with Crippen LogP contribution in [-0.4, -0.2) is 77.3 Å². The first kappa shape index (κ1) is 37.6. The molecule has 0 radical (unpaired) electrons. The molecule has 2 saturated carbocycles. The molecule has 0 aromatic heterocycles. The zero-order valence-corrected chi connectivity index (χ0v) is 28.3. The van der Waals surface area contributed by atoms with E-state index in [0.29, 0.717) is 5.39 Å². The molecule has 3 N–H and O–H groups in total. The molecule has 5 rings (SSSR count). The minimum absolute atomic E-state index is 0.0535. The zero-order chi connectivity index (χ0) is 36.7. The lowest BCUT2D eigenvalue weighted by Gasteiger charge is -2.31. The third-order valence-electron chi connectivity index (χ3n) is 8.76. The number of nitrogens with one attached hydrogen (secondary N) is 1. The van der Waals surface area contributed by atoms with Gasteiger partial charge >= 0.3 is 38.7 Å². The van der Waals surface area contributed by atoms with E-state index >= 15 is 0 Å². The first-order chi connectivity index (χ1) is 22.4. The van der Waals surface area contributed by atoms with Crippen molar-refractivity contribution in [3.63, 3.8) is 0 Å². The Hall–Kier alpha value is -2.70. The van der Waals surface area contributed by atoms with Gasteiger partial charge in [0.15, 0.2) is 4.90 Å². The van der Waals surface area contributed by atoms with Gasteiger partial charge in [0.25, 0.3) is 20.0 Å². The van der Waals surface area contributed by atoms with Crippen LogP contribution in [0.3, 0.4) is 0 Å². The molecule has 1 aliphatic heterocycles. The number of fused-ring (bicyclic) bond motifs is 2. The van der Waals surface area contributed by atoms with Crippen LogP contribution in [0.5, 0.6) is 5.75 Å². The second-order valence-electron chi connectivity index (χ2n) is 11.4. The number of nitrogens with two attached hydrogens (primary N) is 1. The molecule has 2 aliphatic carbocycles. The van der Waals surface area contributed by atoms with Crippen LogP contribution in [0.2, 0.25) is 0 Å². The number of carbonyl (C=O) groups excluding carboxylic acids is 2. The van der Waals surface area contributed by atoms with Gasteiger partial charge in [-0.3, -0.25) is 9.59 Å². The summed E-state index contributed by atoms with van der Waals surface area (Å²) in [6.45, 7) is 4.05. The molecule has 0 spiro atoms. The summed E-state index contributed by atoms with van der Waals surface area (Å²) in [6.07, 6.45) is -3.56. The third kappa shape index (κ3) is 5.87. The largest absolute Gasteiger partial charge is 0.459 e. The Kier molecular flexibility index (Phi) is 9.36. The number of halogens is 6. The molecule has 3 aliphatic rings. The van der Waals surface area contributed by atoms with E-state index in [1.54, 1.807) is 30.3 Å². The molecule has 49 heavy (non-hydrogen) atoms. The SMILES string of the molecule is CC[S+](CC)c1ccc(OC(=O)C2C3CC4C(OC(=O)C42)C3OS(=O)(=O)NS(=O)(=O)C(F)(F)C(F)(F)C(F)(F)S(N)(=O)=O)c2ccccc12. The number of esters is 2. The van der Waals surface area contributed by atoms with Crippen molar-refractivity contribution >= 4 is 64.0 Å². The van der Waals surface area contributed by atoms with E-state index in [9.17, 15) is 61.2 Å². The topological polar surface area (TPSA) is 202 Å². The minimum Gasteiger partial charge on any atom is -0.459 e. The molecule has 6 atom stereocenters. The van der Waals surface area contributed by atoms with Gasteiger partial charge in [-0.05, 0) is 38.5 Å². The third-order valence-corrected chi connectivity index (χ3v) is 15.2. The highest BCUT2D eigenvalue weighted by molar-refractivity contribution is 8.03. The molecule has 2 bridgehead atoms. The van der Waals surface area contributed by atoms with Crippen molar-refractivity contribution in [3.8, 4) is 5.75 Å². The monoisotopic (exact) mass is 785 g/mol. The van der Waals surface area contributed by atoms with Crippen LogP contribution in [0.25, 0.3) is 10.8 Å². The van der Waals surface area contributed by atoms with Crippen LogP contribution >= 0.6 is 0 Å². The molecule has 23 heteroatoms. The fourth-order valence-electron chi connectivity index (χ4n) is 6.59. The van der Waals surface area contributed by atoms with Crippen LogP contribution in [0.1, 0.15) is 20.3 Å². The summed E-state index contributed by atoms with van der Waals surface area (Å²) >= 11 is 0. The molecule has 2 aromatic rings. The summed E-state index contributed by atoms with van der Waals surface area (Å²) < 4.78 is 171. The Balaban J connectivity index is 1.41. The number of alkyl halides is 6. The molecule has 0 amide bonds. The van der Waals surface area contributed by atoms with Crippen LogP contribution in [0, 0.1) is 23.7 Å². The summed E-state index contributed by atoms with van der Waals surface area (Å²) in [7, 11) is -20.6. The molecule has 13 nitrogen and oxygen atoms in total. The van der Waals surface area contributed by atoms with Gasteiger partial charge in [0.1, 0.15) is 29.5 Å². The van der Waals surface area contributed by atoms with Crippen molar-refractivity contribution in [1.82, 2.24) is 4.13 Å². The molecule has 2 aromatic carbocycles. The maximum Gasteiger partial charge on any atom is 0.429 e. The fraction of sp³-hybridized carbons (Fsp3) is 0.538. The van der Waals surface area contributed by atoms with Crippen LogP contribution in [0.4, 0.5) is 26.3 Å². The maximum absolute atomic E-state index is 14.3. The molecule has 1 saturated heterocycles. The number of ether oxygens (including phenoxy) is 2. The summed E-state index contributed by atoms with van der Waals surface area (Å²) in [5, 5.41) is -8.81. The van der Waals surface area contributed by atoms with Gasteiger partial charge in [-0.1, -0.05) is 22.3 Å². The van der Waals surface area contributed by atoms with Gasteiger partial charge in [0, 0.05) is 33.5 Å². The Morgan fingerprint density at radius 3 is 2.10 bits per heavy atom. The van der Waals surface area contributed by atoms with E-state index in [0.717, 1.165) is 21.8 Å². The van der Waals surface area contributed by atoms with E-state index in [-0.39, 0.29) is 27.2 Å². The minimum atomic E-state index is -7.45. The Morgan fingerprint density at radius 1 is 0.939 bits per heavy atom. The number of carbonyl (C=O) groups is 2. The van der Waals surface area contributed by atoms with E-state index in [1.807, 2.05) is 19.9 Å². The molecule has 1 heterocycles. The van der Waals surface area contributed by atoms with Crippen molar-refractivity contribution in [2.45, 2.75) is 53.8 Å². The predicted molar refractivity (Wildman–Crippen MR) is 159 cm³/mol. The number of hydrogen-bond donors (Lipinski definition) is 2. The van der Waals surface area contributed by atoms with E-state index in [1.165, 1.54) is 0 Å². The van der Waals surface area contributed by atoms with Crippen LogP contribution in [-0.2, 0) is 59.8 Å². The predicted octanol–water partition coefficient (Wildman–Crippen LogP) is 2.23. The number of benzene rings is 2. The highest BCUT2D eigenvalue weighted by Crippen LogP contribution is 2.59. The maximum atomic E-state index is 14.3. The quantitative estimate of drug-likeness (QED) is 0.131. The van der Waals surface area contributed by atoms with Crippen molar-refractivity contribution in [2.24, 2.45) is 28.8 Å². The Labute approximate surface area is 278 Å². The van der Waals surface area contributed by atoms with Gasteiger partial charge in [0.2, 0.25) is 0 Å². The van der Waals surface area contributed by atoms with E-state index < -0.39 is 94.6 Å². The fourth-order valence-corrected chi connectivity index (χ4v) is 11.6. The van der Waals surface area contributed by atoms with E-state index in [2.05, 4.69) is 9.32 Å². The van der Waals surface area contributed by atoms with Gasteiger partial charge in [-0.2, -0.15) is 34.8 Å². The lowest BCUT2D eigenvalue weighted by Crippen LogP contribution is -2.64. The van der Waals surface area contributed by atoms with Gasteiger partial charge < -0.3 is 9.47 Å². The van der Waals surface area contributed by atoms with Crippen molar-refractivity contribution in [3.05, 3.63) is 36.4 Å². The Morgan fingerprint density at radius 2 is 1.53 bits per heavy atom. The van der Waals surface area contributed by atoms with E-state index in [4.69, 9.17) is 9.47 Å². The van der Waals surface area contributed by atoms with Crippen molar-refractivity contribution in [1.29, 1.82) is 0 Å². The van der Waals surface area contributed by atoms with Gasteiger partial charge in [0.05, 0.1) is 11.8 Å². The summed E-state index contributed by atoms with van der Waals surface area (Å²) in [4.78, 5) is 27.4. The second kappa shape index (κ2) is 12.2. The number of sulfonamides is 2. The summed E-state index contributed by atoms with van der Waals surface area (Å²) in [5.74, 6) is -12.4. The molecule has 6 unspecified atom stereocenters.